The molecular formula is C17H23NO5S. The Labute approximate surface area is 145 Å². The van der Waals surface area contributed by atoms with Crippen LogP contribution in [-0.4, -0.2) is 48.2 Å². The number of thioether (sulfide) groups is 1. The Kier molecular flexibility index (Phi) is 7.55. The second-order valence-electron chi connectivity index (χ2n) is 5.69. The van der Waals surface area contributed by atoms with Crippen LogP contribution in [0.5, 0.6) is 0 Å². The molecule has 24 heavy (non-hydrogen) atoms. The van der Waals surface area contributed by atoms with Crippen molar-refractivity contribution in [3.63, 3.8) is 0 Å². The topological polar surface area (TPSA) is 84.9 Å². The van der Waals surface area contributed by atoms with Gasteiger partial charge in [0.1, 0.15) is 6.10 Å². The maximum Gasteiger partial charge on any atom is 0.313 e. The molecule has 0 aliphatic carbocycles. The van der Waals surface area contributed by atoms with Crippen LogP contribution >= 0.6 is 11.8 Å². The number of ether oxygens (including phenoxy) is 2. The van der Waals surface area contributed by atoms with Gasteiger partial charge in [-0.2, -0.15) is 0 Å². The average Bonchev–Trinajstić information content (AvgIpc) is 3.06. The monoisotopic (exact) mass is 353 g/mol. The molecule has 2 rings (SSSR count). The molecule has 2 unspecified atom stereocenters. The third-order valence-electron chi connectivity index (χ3n) is 3.61. The van der Waals surface area contributed by atoms with Gasteiger partial charge in [0.05, 0.1) is 18.5 Å². The Bertz CT molecular complexity index is 560. The van der Waals surface area contributed by atoms with Gasteiger partial charge in [-0.1, -0.05) is 12.1 Å². The quantitative estimate of drug-likeness (QED) is 0.710. The molecule has 6 nitrogen and oxygen atoms in total. The minimum atomic E-state index is -0.832. The summed E-state index contributed by atoms with van der Waals surface area (Å²) in [5.74, 6) is -0.392. The van der Waals surface area contributed by atoms with E-state index in [2.05, 4.69) is 5.32 Å². The van der Waals surface area contributed by atoms with Crippen molar-refractivity contribution in [1.82, 2.24) is 0 Å². The molecule has 0 saturated carbocycles. The molecule has 0 bridgehead atoms. The van der Waals surface area contributed by atoms with Crippen molar-refractivity contribution in [1.29, 1.82) is 0 Å². The van der Waals surface area contributed by atoms with E-state index in [-0.39, 0.29) is 17.8 Å². The Morgan fingerprint density at radius 1 is 1.50 bits per heavy atom. The van der Waals surface area contributed by atoms with E-state index in [1.54, 1.807) is 13.0 Å². The van der Waals surface area contributed by atoms with Gasteiger partial charge in [0.2, 0.25) is 0 Å². The number of amides is 1. The van der Waals surface area contributed by atoms with Gasteiger partial charge in [-0.05, 0) is 37.5 Å². The maximum absolute atomic E-state index is 12.2. The fourth-order valence-electron chi connectivity index (χ4n) is 2.34. The van der Waals surface area contributed by atoms with Crippen LogP contribution in [0.3, 0.4) is 0 Å². The maximum atomic E-state index is 12.2. The molecule has 1 fully saturated rings. The number of anilines is 1. The standard InChI is InChI=1S/C17H23NO5S/c1-12(23-9-15-6-3-7-22-15)17(21)18-14-5-2-4-13(8-14)10-24-11-16(19)20/h2,4-5,8,12,15H,3,6-7,9-11H2,1H3,(H,18,21)(H,19,20). The lowest BCUT2D eigenvalue weighted by atomic mass is 10.2. The summed E-state index contributed by atoms with van der Waals surface area (Å²) < 4.78 is 11.0. The van der Waals surface area contributed by atoms with Crippen LogP contribution in [0.2, 0.25) is 0 Å². The highest BCUT2D eigenvalue weighted by Gasteiger charge is 2.20. The van der Waals surface area contributed by atoms with Crippen molar-refractivity contribution in [2.24, 2.45) is 0 Å². The lowest BCUT2D eigenvalue weighted by Crippen LogP contribution is -2.30. The number of carboxylic acids is 1. The van der Waals surface area contributed by atoms with Gasteiger partial charge < -0.3 is 19.9 Å². The van der Waals surface area contributed by atoms with E-state index in [0.717, 1.165) is 25.0 Å². The number of carbonyl (C=O) groups is 2. The van der Waals surface area contributed by atoms with Crippen LogP contribution in [0, 0.1) is 0 Å². The van der Waals surface area contributed by atoms with Crippen molar-refractivity contribution < 1.29 is 24.2 Å². The molecule has 1 heterocycles. The van der Waals surface area contributed by atoms with E-state index < -0.39 is 12.1 Å². The van der Waals surface area contributed by atoms with Gasteiger partial charge >= 0.3 is 5.97 Å². The molecule has 132 valence electrons. The Morgan fingerprint density at radius 3 is 3.04 bits per heavy atom. The largest absolute Gasteiger partial charge is 0.481 e. The smallest absolute Gasteiger partial charge is 0.313 e. The molecule has 1 aliphatic rings. The third-order valence-corrected chi connectivity index (χ3v) is 4.60. The summed E-state index contributed by atoms with van der Waals surface area (Å²) in [6.07, 6.45) is 1.56. The summed E-state index contributed by atoms with van der Waals surface area (Å²) >= 11 is 1.32. The van der Waals surface area contributed by atoms with E-state index in [4.69, 9.17) is 14.6 Å². The van der Waals surface area contributed by atoms with Crippen molar-refractivity contribution in [3.05, 3.63) is 29.8 Å². The number of carbonyl (C=O) groups excluding carboxylic acids is 1. The summed E-state index contributed by atoms with van der Waals surface area (Å²) in [7, 11) is 0. The summed E-state index contributed by atoms with van der Waals surface area (Å²) in [5, 5.41) is 11.5. The Morgan fingerprint density at radius 2 is 2.33 bits per heavy atom. The highest BCUT2D eigenvalue weighted by atomic mass is 32.2. The summed E-state index contributed by atoms with van der Waals surface area (Å²) in [5.41, 5.74) is 1.65. The predicted octanol–water partition coefficient (Wildman–Crippen LogP) is 2.53. The zero-order chi connectivity index (χ0) is 17.4. The summed E-state index contributed by atoms with van der Waals surface area (Å²) in [6.45, 7) is 2.92. The van der Waals surface area contributed by atoms with Gasteiger partial charge in [0.25, 0.3) is 5.91 Å². The van der Waals surface area contributed by atoms with Crippen LogP contribution in [0.4, 0.5) is 5.69 Å². The number of aliphatic carboxylic acids is 1. The van der Waals surface area contributed by atoms with Crippen molar-refractivity contribution >= 4 is 29.3 Å². The number of hydrogen-bond acceptors (Lipinski definition) is 5. The molecule has 0 radical (unpaired) electrons. The first-order valence-corrected chi connectivity index (χ1v) is 9.12. The van der Waals surface area contributed by atoms with Crippen LogP contribution in [0.1, 0.15) is 25.3 Å². The fraction of sp³-hybridized carbons (Fsp3) is 0.529. The molecule has 0 spiro atoms. The van der Waals surface area contributed by atoms with Gasteiger partial charge in [-0.3, -0.25) is 9.59 Å². The van der Waals surface area contributed by atoms with Crippen LogP contribution in [-0.2, 0) is 24.8 Å². The first-order valence-electron chi connectivity index (χ1n) is 7.97. The second kappa shape index (κ2) is 9.66. The van der Waals surface area contributed by atoms with E-state index in [1.165, 1.54) is 11.8 Å². The van der Waals surface area contributed by atoms with Gasteiger partial charge in [0, 0.05) is 18.0 Å². The Hall–Kier alpha value is -1.57. The normalized spacial score (nSPS) is 18.3. The Balaban J connectivity index is 1.78. The van der Waals surface area contributed by atoms with Crippen LogP contribution in [0.15, 0.2) is 24.3 Å². The van der Waals surface area contributed by atoms with Crippen molar-refractivity contribution in [3.8, 4) is 0 Å². The molecule has 7 heteroatoms. The third kappa shape index (κ3) is 6.51. The number of nitrogens with one attached hydrogen (secondary N) is 1. The minimum Gasteiger partial charge on any atom is -0.481 e. The van der Waals surface area contributed by atoms with Gasteiger partial charge in [-0.25, -0.2) is 0 Å². The van der Waals surface area contributed by atoms with Crippen LogP contribution < -0.4 is 5.32 Å². The van der Waals surface area contributed by atoms with E-state index >= 15 is 0 Å². The molecule has 1 saturated heterocycles. The molecule has 1 aliphatic heterocycles. The van der Waals surface area contributed by atoms with Gasteiger partial charge in [0.15, 0.2) is 0 Å². The van der Waals surface area contributed by atoms with Gasteiger partial charge in [-0.15, -0.1) is 11.8 Å². The second-order valence-corrected chi connectivity index (χ2v) is 6.67. The van der Waals surface area contributed by atoms with E-state index in [0.29, 0.717) is 18.0 Å². The zero-order valence-electron chi connectivity index (χ0n) is 13.7. The first kappa shape index (κ1) is 18.8. The molecular weight excluding hydrogens is 330 g/mol. The highest BCUT2D eigenvalue weighted by molar-refractivity contribution is 7.99. The summed E-state index contributed by atoms with van der Waals surface area (Å²) in [6, 6.07) is 7.39. The first-order chi connectivity index (χ1) is 11.5. The summed E-state index contributed by atoms with van der Waals surface area (Å²) in [4.78, 5) is 22.7. The molecule has 1 amide bonds. The number of rotatable bonds is 9. The average molecular weight is 353 g/mol. The van der Waals surface area contributed by atoms with Crippen LogP contribution in [0.25, 0.3) is 0 Å². The zero-order valence-corrected chi connectivity index (χ0v) is 14.5. The molecule has 1 aromatic rings. The molecule has 2 N–H and O–H groups in total. The molecule has 0 aromatic heterocycles. The SMILES string of the molecule is CC(OCC1CCCO1)C(=O)Nc1cccc(CSCC(=O)O)c1. The number of hydrogen-bond donors (Lipinski definition) is 2. The predicted molar refractivity (Wildman–Crippen MR) is 93.3 cm³/mol. The van der Waals surface area contributed by atoms with E-state index in [1.807, 2.05) is 18.2 Å². The highest BCUT2D eigenvalue weighted by Crippen LogP contribution is 2.17. The number of carboxylic acid groups (broad SMARTS) is 1. The lowest BCUT2D eigenvalue weighted by Gasteiger charge is -2.16. The minimum absolute atomic E-state index is 0.0602. The van der Waals surface area contributed by atoms with Crippen molar-refractivity contribution in [2.75, 3.05) is 24.3 Å². The fourth-order valence-corrected chi connectivity index (χ4v) is 3.03. The molecule has 2 atom stereocenters. The van der Waals surface area contributed by atoms with E-state index in [9.17, 15) is 9.59 Å². The molecule has 1 aromatic carbocycles. The number of benzene rings is 1. The lowest BCUT2D eigenvalue weighted by molar-refractivity contribution is -0.134. The van der Waals surface area contributed by atoms with Crippen molar-refractivity contribution in [2.45, 2.75) is 37.7 Å².